The van der Waals surface area contributed by atoms with Gasteiger partial charge in [0.15, 0.2) is 0 Å². The Hall–Kier alpha value is -2.82. The highest BCUT2D eigenvalue weighted by molar-refractivity contribution is 6.01. The van der Waals surface area contributed by atoms with Gasteiger partial charge in [0, 0.05) is 17.9 Å². The summed E-state index contributed by atoms with van der Waals surface area (Å²) >= 11 is 0. The van der Waals surface area contributed by atoms with Gasteiger partial charge in [-0.1, -0.05) is 83.4 Å². The van der Waals surface area contributed by atoms with Gasteiger partial charge in [0.25, 0.3) is 0 Å². The first kappa shape index (κ1) is 23.3. The molecule has 2 aromatic rings. The predicted octanol–water partition coefficient (Wildman–Crippen LogP) is 6.52. The first-order valence-corrected chi connectivity index (χ1v) is 12.4. The molecule has 5 nitrogen and oxygen atoms in total. The first-order chi connectivity index (χ1) is 15.8. The van der Waals surface area contributed by atoms with E-state index < -0.39 is 0 Å². The van der Waals surface area contributed by atoms with Crippen LogP contribution in [-0.4, -0.2) is 35.5 Å². The molecule has 1 saturated heterocycles. The molecule has 1 saturated carbocycles. The fourth-order valence-electron chi connectivity index (χ4n) is 5.56. The zero-order valence-corrected chi connectivity index (χ0v) is 20.4. The van der Waals surface area contributed by atoms with Crippen molar-refractivity contribution in [3.8, 4) is 0 Å². The second-order valence-electron chi connectivity index (χ2n) is 10.3. The molecule has 2 aliphatic rings. The number of benzene rings is 2. The molecule has 5 heteroatoms. The van der Waals surface area contributed by atoms with Crippen molar-refractivity contribution < 1.29 is 9.59 Å². The summed E-state index contributed by atoms with van der Waals surface area (Å²) in [5.74, 6) is 0.470. The summed E-state index contributed by atoms with van der Waals surface area (Å²) in [5, 5.41) is 3.18. The van der Waals surface area contributed by atoms with Crippen LogP contribution in [0.3, 0.4) is 0 Å². The van der Waals surface area contributed by atoms with E-state index in [1.807, 2.05) is 35.2 Å². The van der Waals surface area contributed by atoms with Crippen molar-refractivity contribution in [2.45, 2.75) is 77.2 Å². The normalized spacial score (nSPS) is 17.9. The summed E-state index contributed by atoms with van der Waals surface area (Å²) in [4.78, 5) is 30.6. The highest BCUT2D eigenvalue weighted by Crippen LogP contribution is 2.42. The molecule has 0 aromatic heterocycles. The number of hydrogen-bond donors (Lipinski definition) is 1. The summed E-state index contributed by atoms with van der Waals surface area (Å²) in [5.41, 5.74) is 3.90. The van der Waals surface area contributed by atoms with Crippen LogP contribution in [0.4, 0.5) is 16.2 Å². The Labute approximate surface area is 198 Å². The molecule has 1 N–H and O–H groups in total. The quantitative estimate of drug-likeness (QED) is 0.548. The largest absolute Gasteiger partial charge is 0.325 e. The van der Waals surface area contributed by atoms with Gasteiger partial charge in [0.05, 0.1) is 5.54 Å². The average Bonchev–Trinajstić information content (AvgIpc) is 3.04. The third kappa shape index (κ3) is 4.64. The van der Waals surface area contributed by atoms with Crippen molar-refractivity contribution in [3.63, 3.8) is 0 Å². The molecule has 0 radical (unpaired) electrons. The monoisotopic (exact) mass is 447 g/mol. The molecule has 2 fully saturated rings. The zero-order chi connectivity index (χ0) is 23.6. The fraction of sp³-hybridized carbons (Fsp3) is 0.500. The van der Waals surface area contributed by atoms with Gasteiger partial charge in [-0.3, -0.25) is 9.69 Å². The van der Waals surface area contributed by atoms with Crippen molar-refractivity contribution in [3.05, 3.63) is 59.7 Å². The van der Waals surface area contributed by atoms with Crippen molar-refractivity contribution in [2.75, 3.05) is 23.3 Å². The molecule has 1 spiro atoms. The van der Waals surface area contributed by atoms with Crippen LogP contribution in [0.25, 0.3) is 0 Å². The molecule has 1 aliphatic carbocycles. The zero-order valence-electron chi connectivity index (χ0n) is 20.4. The van der Waals surface area contributed by atoms with Crippen LogP contribution in [0.5, 0.6) is 0 Å². The highest BCUT2D eigenvalue weighted by Gasteiger charge is 2.50. The summed E-state index contributed by atoms with van der Waals surface area (Å²) < 4.78 is 0. The van der Waals surface area contributed by atoms with Gasteiger partial charge < -0.3 is 10.2 Å². The summed E-state index contributed by atoms with van der Waals surface area (Å²) in [6.07, 6.45) is 5.42. The molecule has 3 amide bonds. The van der Waals surface area contributed by atoms with Crippen LogP contribution in [0.1, 0.15) is 82.8 Å². The lowest BCUT2D eigenvalue weighted by Gasteiger charge is -2.40. The number of rotatable bonds is 6. The number of para-hydroxylation sites is 2. The van der Waals surface area contributed by atoms with Crippen LogP contribution in [0.15, 0.2) is 48.5 Å². The molecule has 4 rings (SSSR count). The minimum absolute atomic E-state index is 0.0560. The molecular formula is C28H37N3O2. The number of carbonyl (C=O) groups is 2. The summed E-state index contributed by atoms with van der Waals surface area (Å²) in [7, 11) is 0. The van der Waals surface area contributed by atoms with Gasteiger partial charge in [-0.2, -0.15) is 0 Å². The molecule has 1 heterocycles. The van der Waals surface area contributed by atoms with E-state index in [1.165, 1.54) is 6.42 Å². The second kappa shape index (κ2) is 9.58. The van der Waals surface area contributed by atoms with Gasteiger partial charge >= 0.3 is 6.03 Å². The Kier molecular flexibility index (Phi) is 6.78. The van der Waals surface area contributed by atoms with Gasteiger partial charge in [0.1, 0.15) is 6.54 Å². The van der Waals surface area contributed by atoms with E-state index in [2.05, 4.69) is 51.2 Å². The van der Waals surface area contributed by atoms with Gasteiger partial charge in [-0.05, 0) is 47.9 Å². The second-order valence-corrected chi connectivity index (χ2v) is 10.3. The van der Waals surface area contributed by atoms with Crippen LogP contribution in [0.2, 0.25) is 0 Å². The van der Waals surface area contributed by atoms with Gasteiger partial charge in [0.2, 0.25) is 5.91 Å². The smallest absolute Gasteiger partial charge is 0.324 e. The average molecular weight is 448 g/mol. The SMILES string of the molecule is CC(C)c1cccc(C(C)C)c1NC(=O)CN1CC2(CCCCC2)N(c2ccccc2)C1=O. The summed E-state index contributed by atoms with van der Waals surface area (Å²) in [6, 6.07) is 16.1. The number of nitrogens with one attached hydrogen (secondary N) is 1. The summed E-state index contributed by atoms with van der Waals surface area (Å²) in [6.45, 7) is 9.26. The maximum absolute atomic E-state index is 13.6. The third-order valence-corrected chi connectivity index (χ3v) is 7.19. The van der Waals surface area contributed by atoms with E-state index in [4.69, 9.17) is 0 Å². The molecule has 33 heavy (non-hydrogen) atoms. The van der Waals surface area contributed by atoms with Crippen molar-refractivity contribution in [2.24, 2.45) is 0 Å². The minimum Gasteiger partial charge on any atom is -0.324 e. The van der Waals surface area contributed by atoms with Gasteiger partial charge in [-0.15, -0.1) is 0 Å². The lowest BCUT2D eigenvalue weighted by molar-refractivity contribution is -0.116. The lowest BCUT2D eigenvalue weighted by atomic mass is 9.81. The first-order valence-electron chi connectivity index (χ1n) is 12.4. The van der Waals surface area contributed by atoms with Crippen LogP contribution < -0.4 is 10.2 Å². The van der Waals surface area contributed by atoms with E-state index in [0.717, 1.165) is 48.2 Å². The Morgan fingerprint density at radius 1 is 0.909 bits per heavy atom. The number of urea groups is 1. The number of anilines is 2. The Morgan fingerprint density at radius 3 is 2.09 bits per heavy atom. The number of carbonyl (C=O) groups excluding carboxylic acids is 2. The molecule has 2 aromatic carbocycles. The predicted molar refractivity (Wildman–Crippen MR) is 135 cm³/mol. The maximum Gasteiger partial charge on any atom is 0.325 e. The fourth-order valence-corrected chi connectivity index (χ4v) is 5.56. The van der Waals surface area contributed by atoms with Crippen molar-refractivity contribution in [1.29, 1.82) is 0 Å². The number of hydrogen-bond acceptors (Lipinski definition) is 2. The molecule has 0 atom stereocenters. The number of nitrogens with zero attached hydrogens (tertiary/aromatic N) is 2. The third-order valence-electron chi connectivity index (χ3n) is 7.19. The van der Waals surface area contributed by atoms with E-state index >= 15 is 0 Å². The van der Waals surface area contributed by atoms with E-state index in [0.29, 0.717) is 18.4 Å². The van der Waals surface area contributed by atoms with Crippen LogP contribution in [0, 0.1) is 0 Å². The number of amides is 3. The Morgan fingerprint density at radius 2 is 1.52 bits per heavy atom. The Bertz CT molecular complexity index is 967. The minimum atomic E-state index is -0.212. The van der Waals surface area contributed by atoms with E-state index in [-0.39, 0.29) is 24.0 Å². The molecular weight excluding hydrogens is 410 g/mol. The molecule has 0 unspecified atom stereocenters. The molecule has 1 aliphatic heterocycles. The standard InChI is InChI=1S/C28H37N3O2/c1-20(2)23-14-11-15-24(21(3)4)26(23)29-25(32)18-30-19-28(16-9-6-10-17-28)31(27(30)33)22-12-7-5-8-13-22/h5,7-8,11-15,20-21H,6,9-10,16-19H2,1-4H3,(H,29,32). The van der Waals surface area contributed by atoms with E-state index in [1.54, 1.807) is 4.90 Å². The van der Waals surface area contributed by atoms with E-state index in [9.17, 15) is 9.59 Å². The Balaban J connectivity index is 1.58. The van der Waals surface area contributed by atoms with Crippen molar-refractivity contribution >= 4 is 23.3 Å². The lowest BCUT2D eigenvalue weighted by Crippen LogP contribution is -2.48. The molecule has 176 valence electrons. The van der Waals surface area contributed by atoms with Gasteiger partial charge in [-0.25, -0.2) is 4.79 Å². The molecule has 0 bridgehead atoms. The van der Waals surface area contributed by atoms with Crippen LogP contribution >= 0.6 is 0 Å². The maximum atomic E-state index is 13.6. The van der Waals surface area contributed by atoms with Crippen molar-refractivity contribution in [1.82, 2.24) is 4.90 Å². The highest BCUT2D eigenvalue weighted by atomic mass is 16.2. The topological polar surface area (TPSA) is 52.7 Å². The van der Waals surface area contributed by atoms with Crippen LogP contribution in [-0.2, 0) is 4.79 Å².